The Bertz CT molecular complexity index is 360. The maximum atomic E-state index is 10.3. The lowest BCUT2D eigenvalue weighted by molar-refractivity contribution is -0.137. The Morgan fingerprint density at radius 1 is 0.950 bits per heavy atom. The summed E-state index contributed by atoms with van der Waals surface area (Å²) < 4.78 is 0. The molecule has 5 heteroatoms. The Morgan fingerprint density at radius 2 is 1.50 bits per heavy atom. The molecule has 0 saturated heterocycles. The maximum Gasteiger partial charge on any atom is 0.303 e. The van der Waals surface area contributed by atoms with Crippen LogP contribution in [0.15, 0.2) is 23.6 Å². The molecule has 0 aliphatic heterocycles. The van der Waals surface area contributed by atoms with Crippen LogP contribution in [0.1, 0.15) is 57.8 Å². The minimum absolute atomic E-state index is 0.318. The Hall–Kier alpha value is -1.10. The molecule has 4 nitrogen and oxygen atoms in total. The second kappa shape index (κ2) is 11.7. The van der Waals surface area contributed by atoms with E-state index in [0.717, 1.165) is 23.8 Å². The van der Waals surface area contributed by atoms with Gasteiger partial charge in [-0.25, -0.2) is 9.97 Å². The second-order valence-corrected chi connectivity index (χ2v) is 5.91. The molecule has 0 aromatic carbocycles. The Morgan fingerprint density at radius 3 is 2.10 bits per heavy atom. The van der Waals surface area contributed by atoms with E-state index in [9.17, 15) is 4.79 Å². The average Bonchev–Trinajstić information content (AvgIpc) is 2.45. The predicted molar refractivity (Wildman–Crippen MR) is 81.9 cm³/mol. The van der Waals surface area contributed by atoms with Gasteiger partial charge in [-0.1, -0.05) is 50.3 Å². The van der Waals surface area contributed by atoms with Crippen molar-refractivity contribution in [2.75, 3.05) is 5.75 Å². The van der Waals surface area contributed by atoms with E-state index in [2.05, 4.69) is 9.97 Å². The molecule has 112 valence electrons. The topological polar surface area (TPSA) is 63.1 Å². The third-order valence-corrected chi connectivity index (χ3v) is 4.02. The molecule has 1 N–H and O–H groups in total. The number of hydrogen-bond donors (Lipinski definition) is 1. The fourth-order valence-electron chi connectivity index (χ4n) is 1.96. The number of unbranched alkanes of at least 4 members (excludes halogenated alkanes) is 7. The lowest BCUT2D eigenvalue weighted by Gasteiger charge is -2.02. The Balaban J connectivity index is 1.80. The lowest BCUT2D eigenvalue weighted by Crippen LogP contribution is -1.93. The van der Waals surface area contributed by atoms with Crippen molar-refractivity contribution in [1.29, 1.82) is 0 Å². The van der Waals surface area contributed by atoms with Gasteiger partial charge in [0.2, 0.25) is 0 Å². The first-order chi connectivity index (χ1) is 9.79. The molecule has 0 unspecified atom stereocenters. The van der Waals surface area contributed by atoms with Gasteiger partial charge in [0.15, 0.2) is 5.16 Å². The van der Waals surface area contributed by atoms with Crippen molar-refractivity contribution < 1.29 is 9.90 Å². The third-order valence-electron chi connectivity index (χ3n) is 3.06. The van der Waals surface area contributed by atoms with E-state index in [4.69, 9.17) is 5.11 Å². The summed E-state index contributed by atoms with van der Waals surface area (Å²) in [6, 6.07) is 1.83. The molecular formula is C15H24N2O2S. The number of carboxylic acids is 1. The van der Waals surface area contributed by atoms with Crippen LogP contribution in [0.4, 0.5) is 0 Å². The summed E-state index contributed by atoms with van der Waals surface area (Å²) >= 11 is 1.72. The molecule has 0 aliphatic carbocycles. The molecule has 0 saturated carbocycles. The van der Waals surface area contributed by atoms with Crippen LogP contribution in [-0.2, 0) is 4.79 Å². The van der Waals surface area contributed by atoms with Crippen LogP contribution >= 0.6 is 11.8 Å². The van der Waals surface area contributed by atoms with Gasteiger partial charge in [0.05, 0.1) is 0 Å². The van der Waals surface area contributed by atoms with Gasteiger partial charge in [-0.05, 0) is 18.9 Å². The highest BCUT2D eigenvalue weighted by atomic mass is 32.2. The molecule has 0 bridgehead atoms. The molecule has 0 amide bonds. The molecule has 1 aromatic rings. The summed E-state index contributed by atoms with van der Waals surface area (Å²) in [6.45, 7) is 0. The van der Waals surface area contributed by atoms with E-state index in [1.807, 2.05) is 6.07 Å². The maximum absolute atomic E-state index is 10.3. The van der Waals surface area contributed by atoms with E-state index >= 15 is 0 Å². The minimum atomic E-state index is -0.676. The van der Waals surface area contributed by atoms with Gasteiger partial charge < -0.3 is 5.11 Å². The van der Waals surface area contributed by atoms with Gasteiger partial charge >= 0.3 is 5.97 Å². The summed E-state index contributed by atoms with van der Waals surface area (Å²) in [5.41, 5.74) is 0. The summed E-state index contributed by atoms with van der Waals surface area (Å²) in [7, 11) is 0. The van der Waals surface area contributed by atoms with Crippen LogP contribution in [0.5, 0.6) is 0 Å². The number of carboxylic acid groups (broad SMARTS) is 1. The van der Waals surface area contributed by atoms with Gasteiger partial charge in [-0.2, -0.15) is 0 Å². The fraction of sp³-hybridized carbons (Fsp3) is 0.667. The lowest BCUT2D eigenvalue weighted by atomic mass is 10.1. The van der Waals surface area contributed by atoms with Crippen molar-refractivity contribution in [2.24, 2.45) is 0 Å². The van der Waals surface area contributed by atoms with E-state index in [1.165, 1.54) is 38.5 Å². The fourth-order valence-corrected chi connectivity index (χ4v) is 2.76. The second-order valence-electron chi connectivity index (χ2n) is 4.85. The van der Waals surface area contributed by atoms with Crippen LogP contribution in [-0.4, -0.2) is 26.8 Å². The molecule has 1 aromatic heterocycles. The SMILES string of the molecule is O=C(O)CCCCCCCCCCSc1ncccn1. The van der Waals surface area contributed by atoms with E-state index in [0.29, 0.717) is 6.42 Å². The molecular weight excluding hydrogens is 272 g/mol. The standard InChI is InChI=1S/C15H24N2O2S/c18-14(19)10-7-5-3-1-2-4-6-8-13-20-15-16-11-9-12-17-15/h9,11-12H,1-8,10,13H2,(H,18,19). The van der Waals surface area contributed by atoms with Gasteiger partial charge in [-0.3, -0.25) is 4.79 Å². The highest BCUT2D eigenvalue weighted by Crippen LogP contribution is 2.15. The zero-order valence-corrected chi connectivity index (χ0v) is 12.8. The smallest absolute Gasteiger partial charge is 0.303 e. The summed E-state index contributed by atoms with van der Waals surface area (Å²) in [5, 5.41) is 9.37. The van der Waals surface area contributed by atoms with E-state index in [1.54, 1.807) is 24.2 Å². The normalized spacial score (nSPS) is 10.6. The van der Waals surface area contributed by atoms with Crippen LogP contribution in [0.3, 0.4) is 0 Å². The number of nitrogens with zero attached hydrogens (tertiary/aromatic N) is 2. The molecule has 20 heavy (non-hydrogen) atoms. The number of aliphatic carboxylic acids is 1. The van der Waals surface area contributed by atoms with Crippen molar-refractivity contribution in [3.63, 3.8) is 0 Å². The van der Waals surface area contributed by atoms with Crippen molar-refractivity contribution in [2.45, 2.75) is 62.9 Å². The molecule has 0 atom stereocenters. The quantitative estimate of drug-likeness (QED) is 0.356. The number of thioether (sulfide) groups is 1. The monoisotopic (exact) mass is 296 g/mol. The number of hydrogen-bond acceptors (Lipinski definition) is 4. The van der Waals surface area contributed by atoms with E-state index < -0.39 is 5.97 Å². The first kappa shape index (κ1) is 17.0. The average molecular weight is 296 g/mol. The van der Waals surface area contributed by atoms with Gasteiger partial charge in [0.25, 0.3) is 0 Å². The Labute approximate surface area is 125 Å². The zero-order chi connectivity index (χ0) is 14.5. The molecule has 0 radical (unpaired) electrons. The first-order valence-corrected chi connectivity index (χ1v) is 8.39. The summed E-state index contributed by atoms with van der Waals surface area (Å²) in [5.74, 6) is 0.410. The molecule has 1 rings (SSSR count). The molecule has 0 spiro atoms. The van der Waals surface area contributed by atoms with Gasteiger partial charge in [-0.15, -0.1) is 0 Å². The van der Waals surface area contributed by atoms with E-state index in [-0.39, 0.29) is 0 Å². The van der Waals surface area contributed by atoms with Crippen LogP contribution in [0, 0.1) is 0 Å². The number of aromatic nitrogens is 2. The largest absolute Gasteiger partial charge is 0.481 e. The summed E-state index contributed by atoms with van der Waals surface area (Å²) in [6.07, 6.45) is 13.1. The number of rotatable bonds is 12. The zero-order valence-electron chi connectivity index (χ0n) is 12.0. The highest BCUT2D eigenvalue weighted by Gasteiger charge is 1.98. The van der Waals surface area contributed by atoms with Crippen molar-refractivity contribution in [3.8, 4) is 0 Å². The van der Waals surface area contributed by atoms with Crippen molar-refractivity contribution in [1.82, 2.24) is 9.97 Å². The summed E-state index contributed by atoms with van der Waals surface area (Å²) in [4.78, 5) is 18.7. The first-order valence-electron chi connectivity index (χ1n) is 7.40. The van der Waals surface area contributed by atoms with Crippen LogP contribution in [0.25, 0.3) is 0 Å². The number of carbonyl (C=O) groups is 1. The van der Waals surface area contributed by atoms with Crippen molar-refractivity contribution in [3.05, 3.63) is 18.5 Å². The molecule has 0 fully saturated rings. The minimum Gasteiger partial charge on any atom is -0.481 e. The van der Waals surface area contributed by atoms with Gasteiger partial charge in [0.1, 0.15) is 0 Å². The third kappa shape index (κ3) is 9.78. The van der Waals surface area contributed by atoms with Crippen LogP contribution < -0.4 is 0 Å². The highest BCUT2D eigenvalue weighted by molar-refractivity contribution is 7.99. The van der Waals surface area contributed by atoms with Crippen LogP contribution in [0.2, 0.25) is 0 Å². The molecule has 1 heterocycles. The van der Waals surface area contributed by atoms with Crippen molar-refractivity contribution >= 4 is 17.7 Å². The molecule has 0 aliphatic rings. The predicted octanol–water partition coefficient (Wildman–Crippen LogP) is 4.16. The Kier molecular flexibility index (Phi) is 9.92. The van der Waals surface area contributed by atoms with Gasteiger partial charge in [0, 0.05) is 24.6 Å².